The Morgan fingerprint density at radius 3 is 2.70 bits per heavy atom. The van der Waals surface area contributed by atoms with Gasteiger partial charge in [0.25, 0.3) is 0 Å². The minimum absolute atomic E-state index is 0.435. The lowest BCUT2D eigenvalue weighted by Gasteiger charge is -2.17. The van der Waals surface area contributed by atoms with Crippen LogP contribution in [-0.4, -0.2) is 16.2 Å². The first-order valence-corrected chi connectivity index (χ1v) is 6.11. The van der Waals surface area contributed by atoms with Crippen molar-refractivity contribution in [1.82, 2.24) is 10.3 Å². The largest absolute Gasteiger partial charge is 0.465 e. The fourth-order valence-electron chi connectivity index (χ4n) is 2.18. The topological polar surface area (TPSA) is 75.4 Å². The minimum Gasteiger partial charge on any atom is -0.465 e. The molecule has 1 aromatic heterocycles. The van der Waals surface area contributed by atoms with Gasteiger partial charge in [-0.25, -0.2) is 9.78 Å². The number of aromatic nitrogens is 1. The number of carbonyl (C=O) groups is 1. The molecular weight excluding hydrogens is 256 g/mol. The molecule has 0 spiro atoms. The quantitative estimate of drug-likeness (QED) is 0.765. The third-order valence-corrected chi connectivity index (χ3v) is 3.09. The molecule has 1 atom stereocenters. The van der Waals surface area contributed by atoms with Crippen LogP contribution in [0.4, 0.5) is 4.79 Å². The average molecular weight is 268 g/mol. The molecule has 0 bridgehead atoms. The number of hydrogen-bond donors (Lipinski definition) is 2. The lowest BCUT2D eigenvalue weighted by atomic mass is 9.98. The highest BCUT2D eigenvalue weighted by Gasteiger charge is 2.17. The van der Waals surface area contributed by atoms with Crippen LogP contribution in [0.25, 0.3) is 11.1 Å². The second-order valence-corrected chi connectivity index (χ2v) is 4.37. The van der Waals surface area contributed by atoms with Gasteiger partial charge in [0.15, 0.2) is 12.0 Å². The highest BCUT2D eigenvalue weighted by atomic mass is 16.4. The maximum Gasteiger partial charge on any atom is 0.405 e. The third-order valence-electron chi connectivity index (χ3n) is 3.09. The molecule has 3 aromatic rings. The Kier molecular flexibility index (Phi) is 3.09. The lowest BCUT2D eigenvalue weighted by Crippen LogP contribution is -2.27. The van der Waals surface area contributed by atoms with Gasteiger partial charge in [0, 0.05) is 0 Å². The highest BCUT2D eigenvalue weighted by Crippen LogP contribution is 2.25. The first-order valence-electron chi connectivity index (χ1n) is 6.11. The SMILES string of the molecule is O=C(O)NC(c1ccccc1)c1ccc2ocnc2c1. The second kappa shape index (κ2) is 5.05. The number of hydrogen-bond acceptors (Lipinski definition) is 3. The summed E-state index contributed by atoms with van der Waals surface area (Å²) in [6.45, 7) is 0. The van der Waals surface area contributed by atoms with Crippen molar-refractivity contribution in [2.45, 2.75) is 6.04 Å². The summed E-state index contributed by atoms with van der Waals surface area (Å²) >= 11 is 0. The number of nitrogens with one attached hydrogen (secondary N) is 1. The number of carboxylic acid groups (broad SMARTS) is 1. The maximum atomic E-state index is 11.0. The summed E-state index contributed by atoms with van der Waals surface area (Å²) < 4.78 is 5.19. The Balaban J connectivity index is 2.06. The molecule has 5 heteroatoms. The van der Waals surface area contributed by atoms with E-state index in [-0.39, 0.29) is 0 Å². The van der Waals surface area contributed by atoms with Crippen LogP contribution in [0.5, 0.6) is 0 Å². The van der Waals surface area contributed by atoms with Crippen molar-refractivity contribution >= 4 is 17.2 Å². The van der Waals surface area contributed by atoms with E-state index in [1.165, 1.54) is 6.39 Å². The summed E-state index contributed by atoms with van der Waals surface area (Å²) in [5, 5.41) is 11.6. The Bertz CT molecular complexity index is 737. The lowest BCUT2D eigenvalue weighted by molar-refractivity contribution is 0.191. The molecule has 0 aliphatic carbocycles. The maximum absolute atomic E-state index is 11.0. The van der Waals surface area contributed by atoms with Crippen LogP contribution in [0.2, 0.25) is 0 Å². The average Bonchev–Trinajstić information content (AvgIpc) is 2.93. The van der Waals surface area contributed by atoms with Gasteiger partial charge in [0.2, 0.25) is 0 Å². The van der Waals surface area contributed by atoms with Crippen molar-refractivity contribution in [1.29, 1.82) is 0 Å². The number of nitrogens with zero attached hydrogens (tertiary/aromatic N) is 1. The van der Waals surface area contributed by atoms with Crippen molar-refractivity contribution in [3.8, 4) is 0 Å². The summed E-state index contributed by atoms with van der Waals surface area (Å²) in [5.41, 5.74) is 3.07. The van der Waals surface area contributed by atoms with Gasteiger partial charge < -0.3 is 14.8 Å². The van der Waals surface area contributed by atoms with Crippen molar-refractivity contribution in [2.24, 2.45) is 0 Å². The molecule has 2 aromatic carbocycles. The number of benzene rings is 2. The van der Waals surface area contributed by atoms with Crippen molar-refractivity contribution < 1.29 is 14.3 Å². The molecule has 1 unspecified atom stereocenters. The van der Waals surface area contributed by atoms with Crippen molar-refractivity contribution in [3.05, 3.63) is 66.1 Å². The molecule has 0 radical (unpaired) electrons. The Morgan fingerprint density at radius 1 is 1.15 bits per heavy atom. The van der Waals surface area contributed by atoms with Crippen LogP contribution in [0.1, 0.15) is 17.2 Å². The number of oxazole rings is 1. The van der Waals surface area contributed by atoms with E-state index in [0.29, 0.717) is 11.1 Å². The van der Waals surface area contributed by atoms with E-state index >= 15 is 0 Å². The second-order valence-electron chi connectivity index (χ2n) is 4.37. The van der Waals surface area contributed by atoms with Gasteiger partial charge in [-0.3, -0.25) is 0 Å². The van der Waals surface area contributed by atoms with Crippen LogP contribution < -0.4 is 5.32 Å². The molecule has 0 fully saturated rings. The van der Waals surface area contributed by atoms with E-state index in [1.807, 2.05) is 42.5 Å². The predicted octanol–water partition coefficient (Wildman–Crippen LogP) is 3.18. The summed E-state index contributed by atoms with van der Waals surface area (Å²) in [7, 11) is 0. The molecule has 100 valence electrons. The molecule has 20 heavy (non-hydrogen) atoms. The monoisotopic (exact) mass is 268 g/mol. The molecule has 1 amide bonds. The molecule has 1 heterocycles. The molecule has 2 N–H and O–H groups in total. The number of amides is 1. The molecule has 5 nitrogen and oxygen atoms in total. The van der Waals surface area contributed by atoms with Crippen LogP contribution >= 0.6 is 0 Å². The van der Waals surface area contributed by atoms with Gasteiger partial charge in [0.05, 0.1) is 6.04 Å². The van der Waals surface area contributed by atoms with Gasteiger partial charge in [-0.05, 0) is 23.3 Å². The number of rotatable bonds is 3. The molecule has 0 aliphatic heterocycles. The predicted molar refractivity (Wildman–Crippen MR) is 73.5 cm³/mol. The summed E-state index contributed by atoms with van der Waals surface area (Å²) in [6, 6.07) is 14.4. The van der Waals surface area contributed by atoms with Gasteiger partial charge in [-0.2, -0.15) is 0 Å². The zero-order chi connectivity index (χ0) is 13.9. The van der Waals surface area contributed by atoms with Crippen molar-refractivity contribution in [2.75, 3.05) is 0 Å². The van der Waals surface area contributed by atoms with Gasteiger partial charge >= 0.3 is 6.09 Å². The fraction of sp³-hybridized carbons (Fsp3) is 0.0667. The van der Waals surface area contributed by atoms with Crippen molar-refractivity contribution in [3.63, 3.8) is 0 Å². The molecule has 0 saturated carbocycles. The van der Waals surface area contributed by atoms with E-state index in [9.17, 15) is 4.79 Å². The summed E-state index contributed by atoms with van der Waals surface area (Å²) in [6.07, 6.45) is 0.301. The Labute approximate surface area is 114 Å². The summed E-state index contributed by atoms with van der Waals surface area (Å²) in [4.78, 5) is 15.1. The summed E-state index contributed by atoms with van der Waals surface area (Å²) in [5.74, 6) is 0. The van der Waals surface area contributed by atoms with E-state index in [0.717, 1.165) is 11.1 Å². The smallest absolute Gasteiger partial charge is 0.405 e. The number of fused-ring (bicyclic) bond motifs is 1. The zero-order valence-electron chi connectivity index (χ0n) is 10.5. The van der Waals surface area contributed by atoms with E-state index in [2.05, 4.69) is 10.3 Å². The Morgan fingerprint density at radius 2 is 1.95 bits per heavy atom. The van der Waals surface area contributed by atoms with Crippen LogP contribution in [0.15, 0.2) is 59.3 Å². The zero-order valence-corrected chi connectivity index (χ0v) is 10.5. The molecule has 0 saturated heterocycles. The van der Waals surface area contributed by atoms with E-state index in [1.54, 1.807) is 6.07 Å². The molecule has 3 rings (SSSR count). The molecular formula is C15H12N2O3. The van der Waals surface area contributed by atoms with E-state index in [4.69, 9.17) is 9.52 Å². The van der Waals surface area contributed by atoms with Gasteiger partial charge in [0.1, 0.15) is 5.52 Å². The highest BCUT2D eigenvalue weighted by molar-refractivity contribution is 5.74. The van der Waals surface area contributed by atoms with Crippen LogP contribution in [0, 0.1) is 0 Å². The normalized spacial score (nSPS) is 12.2. The Hall–Kier alpha value is -2.82. The fourth-order valence-corrected chi connectivity index (χ4v) is 2.18. The minimum atomic E-state index is -1.07. The van der Waals surface area contributed by atoms with Crippen LogP contribution in [-0.2, 0) is 0 Å². The first kappa shape index (κ1) is 12.2. The van der Waals surface area contributed by atoms with Crippen LogP contribution in [0.3, 0.4) is 0 Å². The first-order chi connectivity index (χ1) is 9.74. The third kappa shape index (κ3) is 2.33. The molecule has 0 aliphatic rings. The van der Waals surface area contributed by atoms with Gasteiger partial charge in [-0.1, -0.05) is 36.4 Å². The van der Waals surface area contributed by atoms with E-state index < -0.39 is 12.1 Å². The standard InChI is InChI=1S/C15H12N2O3/c18-15(19)17-14(10-4-2-1-3-5-10)11-6-7-13-12(8-11)16-9-20-13/h1-9,14,17H,(H,18,19). The van der Waals surface area contributed by atoms with Gasteiger partial charge in [-0.15, -0.1) is 0 Å².